The molecule has 0 radical (unpaired) electrons. The Morgan fingerprint density at radius 1 is 1.12 bits per heavy atom. The summed E-state index contributed by atoms with van der Waals surface area (Å²) in [5.74, 6) is -0.863. The van der Waals surface area contributed by atoms with Crippen molar-refractivity contribution in [1.29, 1.82) is 0 Å². The van der Waals surface area contributed by atoms with Gasteiger partial charge >= 0.3 is 6.36 Å². The molecule has 136 valence electrons. The summed E-state index contributed by atoms with van der Waals surface area (Å²) >= 11 is 0. The minimum Gasteiger partial charge on any atom is -0.406 e. The van der Waals surface area contributed by atoms with Crippen molar-refractivity contribution >= 4 is 17.4 Å². The van der Waals surface area contributed by atoms with Crippen LogP contribution >= 0.6 is 0 Å². The zero-order valence-corrected chi connectivity index (χ0v) is 13.5. The Bertz CT molecular complexity index is 786. The van der Waals surface area contributed by atoms with E-state index in [9.17, 15) is 18.0 Å². The van der Waals surface area contributed by atoms with Crippen LogP contribution in [-0.4, -0.2) is 18.1 Å². The Morgan fingerprint density at radius 3 is 2.38 bits per heavy atom. The molecule has 26 heavy (non-hydrogen) atoms. The van der Waals surface area contributed by atoms with Gasteiger partial charge < -0.3 is 15.8 Å². The highest BCUT2D eigenvalue weighted by atomic mass is 19.4. The van der Waals surface area contributed by atoms with Crippen molar-refractivity contribution in [3.63, 3.8) is 0 Å². The average molecular weight is 363 g/mol. The Balaban J connectivity index is 1.87. The number of alkyl halides is 3. The van der Waals surface area contributed by atoms with E-state index in [1.807, 2.05) is 30.3 Å². The Labute approximate surface area is 148 Å². The van der Waals surface area contributed by atoms with Gasteiger partial charge in [0.25, 0.3) is 5.91 Å². The number of para-hydroxylation sites is 1. The van der Waals surface area contributed by atoms with Crippen molar-refractivity contribution in [2.75, 3.05) is 5.32 Å². The quantitative estimate of drug-likeness (QED) is 0.607. The Morgan fingerprint density at radius 2 is 1.77 bits per heavy atom. The average Bonchev–Trinajstić information content (AvgIpc) is 2.56. The first kappa shape index (κ1) is 19.0. The molecule has 0 heterocycles. The molecule has 1 amide bonds. The van der Waals surface area contributed by atoms with Gasteiger partial charge in [-0.15, -0.1) is 13.2 Å². The first-order valence-electron chi connectivity index (χ1n) is 7.52. The molecule has 0 aromatic heterocycles. The number of halogens is 3. The van der Waals surface area contributed by atoms with E-state index < -0.39 is 12.3 Å². The number of aliphatic imine (C=N–C) groups is 1. The van der Waals surface area contributed by atoms with Gasteiger partial charge in [0.05, 0.1) is 6.42 Å². The maximum absolute atomic E-state index is 12.1. The summed E-state index contributed by atoms with van der Waals surface area (Å²) in [7, 11) is 0. The normalized spacial score (nSPS) is 12.2. The summed E-state index contributed by atoms with van der Waals surface area (Å²) in [4.78, 5) is 15.5. The van der Waals surface area contributed by atoms with Crippen LogP contribution in [0.2, 0.25) is 0 Å². The second-order valence-electron chi connectivity index (χ2n) is 5.14. The first-order valence-corrected chi connectivity index (χ1v) is 7.52. The third-order valence-corrected chi connectivity index (χ3v) is 3.04. The minimum atomic E-state index is -4.75. The fraction of sp³-hybridized carbons (Fsp3) is 0.111. The molecule has 3 N–H and O–H groups in total. The third-order valence-electron chi connectivity index (χ3n) is 3.04. The number of carbonyl (C=O) groups is 1. The molecule has 0 bridgehead atoms. The molecule has 0 atom stereocenters. The van der Waals surface area contributed by atoms with E-state index >= 15 is 0 Å². The Kier molecular flexibility index (Phi) is 6.37. The number of amidine groups is 1. The maximum atomic E-state index is 12.1. The summed E-state index contributed by atoms with van der Waals surface area (Å²) < 4.78 is 40.0. The summed E-state index contributed by atoms with van der Waals surface area (Å²) in [5.41, 5.74) is 6.99. The number of nitrogens with one attached hydrogen (secondary N) is 1. The van der Waals surface area contributed by atoms with Gasteiger partial charge in [-0.25, -0.2) is 0 Å². The second-order valence-corrected chi connectivity index (χ2v) is 5.14. The summed E-state index contributed by atoms with van der Waals surface area (Å²) in [6, 6.07) is 14.3. The van der Waals surface area contributed by atoms with E-state index in [4.69, 9.17) is 5.73 Å². The zero-order valence-electron chi connectivity index (χ0n) is 13.5. The molecular weight excluding hydrogens is 347 g/mol. The van der Waals surface area contributed by atoms with E-state index in [0.717, 1.165) is 17.8 Å². The lowest BCUT2D eigenvalue weighted by molar-refractivity contribution is -0.274. The molecule has 0 saturated heterocycles. The molecule has 0 aliphatic heterocycles. The second kappa shape index (κ2) is 8.70. The van der Waals surface area contributed by atoms with Crippen LogP contribution in [0.1, 0.15) is 5.56 Å². The van der Waals surface area contributed by atoms with Crippen molar-refractivity contribution in [3.05, 3.63) is 72.4 Å². The molecule has 2 aromatic carbocycles. The number of ether oxygens (including phenoxy) is 1. The van der Waals surface area contributed by atoms with E-state index in [1.54, 1.807) is 6.20 Å². The van der Waals surface area contributed by atoms with Crippen molar-refractivity contribution in [1.82, 2.24) is 0 Å². The van der Waals surface area contributed by atoms with Crippen LogP contribution < -0.4 is 15.8 Å². The van der Waals surface area contributed by atoms with Crippen LogP contribution in [0.3, 0.4) is 0 Å². The molecular formula is C18H16F3N3O2. The van der Waals surface area contributed by atoms with Gasteiger partial charge in [0.2, 0.25) is 0 Å². The lowest BCUT2D eigenvalue weighted by Crippen LogP contribution is -2.17. The van der Waals surface area contributed by atoms with E-state index in [-0.39, 0.29) is 18.0 Å². The van der Waals surface area contributed by atoms with Crippen molar-refractivity contribution in [3.8, 4) is 5.75 Å². The molecule has 0 saturated carbocycles. The summed E-state index contributed by atoms with van der Waals surface area (Å²) in [5, 5.41) is 2.96. The van der Waals surface area contributed by atoms with Crippen molar-refractivity contribution in [2.45, 2.75) is 12.8 Å². The number of hydrogen-bond donors (Lipinski definition) is 2. The number of carbonyl (C=O) groups excluding carboxylic acids is 1. The molecule has 0 aliphatic rings. The highest BCUT2D eigenvalue weighted by Crippen LogP contribution is 2.22. The van der Waals surface area contributed by atoms with Gasteiger partial charge in [-0.3, -0.25) is 4.79 Å². The number of benzene rings is 2. The Hall–Kier alpha value is -3.29. The lowest BCUT2D eigenvalue weighted by atomic mass is 10.1. The number of anilines is 1. The van der Waals surface area contributed by atoms with E-state index in [1.165, 1.54) is 18.2 Å². The predicted molar refractivity (Wildman–Crippen MR) is 92.7 cm³/mol. The number of nitrogens with two attached hydrogens (primary N) is 1. The molecule has 0 unspecified atom stereocenters. The molecule has 2 aromatic rings. The number of amides is 1. The fourth-order valence-corrected chi connectivity index (χ4v) is 1.96. The lowest BCUT2D eigenvalue weighted by Gasteiger charge is -2.08. The fourth-order valence-electron chi connectivity index (χ4n) is 1.96. The van der Waals surface area contributed by atoms with Gasteiger partial charge in [-0.2, -0.15) is 4.99 Å². The minimum absolute atomic E-state index is 0.00968. The maximum Gasteiger partial charge on any atom is 0.573 e. The van der Waals surface area contributed by atoms with E-state index in [0.29, 0.717) is 5.56 Å². The highest BCUT2D eigenvalue weighted by molar-refractivity contribution is 6.00. The molecule has 8 heteroatoms. The number of hydrogen-bond acceptors (Lipinski definition) is 3. The number of rotatable bonds is 6. The zero-order chi connectivity index (χ0) is 19.0. The predicted octanol–water partition coefficient (Wildman–Crippen LogP) is 3.64. The molecule has 0 fully saturated rings. The van der Waals surface area contributed by atoms with Crippen LogP contribution in [0.25, 0.3) is 0 Å². The van der Waals surface area contributed by atoms with Crippen LogP contribution in [-0.2, 0) is 11.2 Å². The van der Waals surface area contributed by atoms with Crippen LogP contribution in [0, 0.1) is 0 Å². The third kappa shape index (κ3) is 7.08. The van der Waals surface area contributed by atoms with Gasteiger partial charge in [0, 0.05) is 11.9 Å². The van der Waals surface area contributed by atoms with Crippen LogP contribution in [0.5, 0.6) is 5.75 Å². The largest absolute Gasteiger partial charge is 0.573 e. The molecule has 0 spiro atoms. The van der Waals surface area contributed by atoms with Gasteiger partial charge in [0.15, 0.2) is 0 Å². The number of nitrogens with zero attached hydrogens (tertiary/aromatic N) is 1. The van der Waals surface area contributed by atoms with Crippen LogP contribution in [0.4, 0.5) is 18.9 Å². The molecule has 0 aliphatic carbocycles. The molecule has 2 rings (SSSR count). The van der Waals surface area contributed by atoms with Gasteiger partial charge in [-0.1, -0.05) is 30.3 Å². The van der Waals surface area contributed by atoms with Gasteiger partial charge in [-0.05, 0) is 35.9 Å². The molecule has 5 nitrogen and oxygen atoms in total. The summed E-state index contributed by atoms with van der Waals surface area (Å²) in [6.45, 7) is 0. The topological polar surface area (TPSA) is 76.7 Å². The first-order chi connectivity index (χ1) is 12.3. The van der Waals surface area contributed by atoms with Crippen LogP contribution in [0.15, 0.2) is 71.9 Å². The SMILES string of the molecule is NC(/C=C\Nc1ccccc1)=NC(=O)Cc1ccc(OC(F)(F)F)cc1. The van der Waals surface area contributed by atoms with E-state index in [2.05, 4.69) is 15.0 Å². The van der Waals surface area contributed by atoms with Crippen molar-refractivity contribution < 1.29 is 22.7 Å². The smallest absolute Gasteiger partial charge is 0.406 e. The highest BCUT2D eigenvalue weighted by Gasteiger charge is 2.30. The standard InChI is InChI=1S/C18H16F3N3O2/c19-18(20,21)26-15-8-6-13(7-9-15)12-17(25)24-16(22)10-11-23-14-4-2-1-3-5-14/h1-11,23H,12H2,(H2,22,24,25)/b11-10-. The monoisotopic (exact) mass is 363 g/mol. The summed E-state index contributed by atoms with van der Waals surface area (Å²) in [6.07, 6.45) is -1.86. The van der Waals surface area contributed by atoms with Gasteiger partial charge in [0.1, 0.15) is 11.6 Å². The van der Waals surface area contributed by atoms with Crippen molar-refractivity contribution in [2.24, 2.45) is 10.7 Å².